The molecule has 0 amide bonds. The summed E-state index contributed by atoms with van der Waals surface area (Å²) in [5.41, 5.74) is 5.22. The maximum absolute atomic E-state index is 5.51. The van der Waals surface area contributed by atoms with Crippen LogP contribution in [0.3, 0.4) is 0 Å². The van der Waals surface area contributed by atoms with Crippen LogP contribution < -0.4 is 0 Å². The van der Waals surface area contributed by atoms with Crippen molar-refractivity contribution in [2.75, 3.05) is 6.61 Å². The number of aryl methyl sites for hydroxylation is 1. The zero-order valence-electron chi connectivity index (χ0n) is 18.7. The summed E-state index contributed by atoms with van der Waals surface area (Å²) in [5.74, 6) is 1.82. The van der Waals surface area contributed by atoms with Crippen molar-refractivity contribution in [3.8, 4) is 11.1 Å². The Bertz CT molecular complexity index is 761. The van der Waals surface area contributed by atoms with Gasteiger partial charge in [-0.25, -0.2) is 0 Å². The number of rotatable bonds is 11. The Hall–Kier alpha value is -2.12. The molecule has 0 spiro atoms. The number of hydrogen-bond acceptors (Lipinski definition) is 1. The summed E-state index contributed by atoms with van der Waals surface area (Å²) in [7, 11) is 0. The van der Waals surface area contributed by atoms with E-state index in [9.17, 15) is 0 Å². The summed E-state index contributed by atoms with van der Waals surface area (Å²) in [4.78, 5) is 0. The predicted molar refractivity (Wildman–Crippen MR) is 130 cm³/mol. The molecule has 0 bridgehead atoms. The Morgan fingerprint density at radius 3 is 2.10 bits per heavy atom. The third kappa shape index (κ3) is 7.29. The zero-order chi connectivity index (χ0) is 21.0. The van der Waals surface area contributed by atoms with E-state index in [0.717, 1.165) is 11.8 Å². The highest BCUT2D eigenvalue weighted by molar-refractivity contribution is 5.63. The molecule has 1 saturated carbocycles. The lowest BCUT2D eigenvalue weighted by Gasteiger charge is -2.26. The SMILES string of the molecule is C=CCOCc1ccc(-c2ccc(CCCC[C@H]3CC[C@H](C=CC)CC3)cc2)cc1. The summed E-state index contributed by atoms with van der Waals surface area (Å²) in [6.45, 7) is 7.07. The van der Waals surface area contributed by atoms with E-state index < -0.39 is 0 Å². The van der Waals surface area contributed by atoms with Crippen molar-refractivity contribution in [2.24, 2.45) is 11.8 Å². The highest BCUT2D eigenvalue weighted by Crippen LogP contribution is 2.32. The molecule has 1 aliphatic carbocycles. The molecular formula is C29H38O. The second-order valence-corrected chi connectivity index (χ2v) is 8.75. The molecule has 1 fully saturated rings. The smallest absolute Gasteiger partial charge is 0.0721 e. The highest BCUT2D eigenvalue weighted by atomic mass is 16.5. The maximum Gasteiger partial charge on any atom is 0.0721 e. The minimum Gasteiger partial charge on any atom is -0.373 e. The molecule has 0 unspecified atom stereocenters. The van der Waals surface area contributed by atoms with Crippen molar-refractivity contribution in [3.63, 3.8) is 0 Å². The van der Waals surface area contributed by atoms with E-state index in [-0.39, 0.29) is 0 Å². The van der Waals surface area contributed by atoms with E-state index in [2.05, 4.69) is 74.2 Å². The summed E-state index contributed by atoms with van der Waals surface area (Å²) in [5, 5.41) is 0. The summed E-state index contributed by atoms with van der Waals surface area (Å²) in [6, 6.07) is 17.8. The van der Waals surface area contributed by atoms with Gasteiger partial charge < -0.3 is 4.74 Å². The Kier molecular flexibility index (Phi) is 9.44. The molecule has 2 aromatic rings. The van der Waals surface area contributed by atoms with Gasteiger partial charge in [0, 0.05) is 0 Å². The first-order chi connectivity index (χ1) is 14.8. The van der Waals surface area contributed by atoms with E-state index in [1.54, 1.807) is 6.08 Å². The lowest BCUT2D eigenvalue weighted by Crippen LogP contribution is -2.13. The van der Waals surface area contributed by atoms with Gasteiger partial charge in [-0.3, -0.25) is 0 Å². The van der Waals surface area contributed by atoms with E-state index in [4.69, 9.17) is 4.74 Å². The quantitative estimate of drug-likeness (QED) is 0.272. The third-order valence-electron chi connectivity index (χ3n) is 6.43. The molecule has 0 radical (unpaired) electrons. The molecule has 0 aromatic heterocycles. The minimum atomic E-state index is 0.598. The molecule has 1 heteroatoms. The molecule has 160 valence electrons. The number of hydrogen-bond donors (Lipinski definition) is 0. The van der Waals surface area contributed by atoms with E-state index in [0.29, 0.717) is 13.2 Å². The van der Waals surface area contributed by atoms with Crippen molar-refractivity contribution >= 4 is 0 Å². The first-order valence-corrected chi connectivity index (χ1v) is 11.8. The molecule has 0 aliphatic heterocycles. The highest BCUT2D eigenvalue weighted by Gasteiger charge is 2.18. The van der Waals surface area contributed by atoms with E-state index in [1.165, 1.54) is 73.6 Å². The molecular weight excluding hydrogens is 364 g/mol. The van der Waals surface area contributed by atoms with Gasteiger partial charge in [0.25, 0.3) is 0 Å². The van der Waals surface area contributed by atoms with Gasteiger partial charge in [-0.2, -0.15) is 0 Å². The van der Waals surface area contributed by atoms with Crippen molar-refractivity contribution in [2.45, 2.75) is 64.9 Å². The monoisotopic (exact) mass is 402 g/mol. The first kappa shape index (κ1) is 22.6. The van der Waals surface area contributed by atoms with Crippen LogP contribution >= 0.6 is 0 Å². The lowest BCUT2D eigenvalue weighted by atomic mass is 9.79. The van der Waals surface area contributed by atoms with Gasteiger partial charge in [0.15, 0.2) is 0 Å². The first-order valence-electron chi connectivity index (χ1n) is 11.8. The molecule has 0 atom stereocenters. The normalized spacial score (nSPS) is 19.2. The van der Waals surface area contributed by atoms with Gasteiger partial charge in [0.2, 0.25) is 0 Å². The van der Waals surface area contributed by atoms with Gasteiger partial charge in [-0.1, -0.05) is 79.6 Å². The summed E-state index contributed by atoms with van der Waals surface area (Å²) in [6.07, 6.45) is 17.4. The molecule has 30 heavy (non-hydrogen) atoms. The Balaban J connectivity index is 1.38. The molecule has 0 N–H and O–H groups in total. The second-order valence-electron chi connectivity index (χ2n) is 8.75. The van der Waals surface area contributed by atoms with Gasteiger partial charge in [0.05, 0.1) is 13.2 Å². The Morgan fingerprint density at radius 2 is 1.50 bits per heavy atom. The average molecular weight is 403 g/mol. The maximum atomic E-state index is 5.51. The van der Waals surface area contributed by atoms with Crippen LogP contribution in [0, 0.1) is 11.8 Å². The average Bonchev–Trinajstić information content (AvgIpc) is 2.79. The van der Waals surface area contributed by atoms with Crippen LogP contribution in [-0.4, -0.2) is 6.61 Å². The van der Waals surface area contributed by atoms with E-state index >= 15 is 0 Å². The molecule has 3 rings (SSSR count). The second kappa shape index (κ2) is 12.5. The van der Waals surface area contributed by atoms with Gasteiger partial charge in [0.1, 0.15) is 0 Å². The molecule has 1 nitrogen and oxygen atoms in total. The topological polar surface area (TPSA) is 9.23 Å². The van der Waals surface area contributed by atoms with E-state index in [1.807, 2.05) is 0 Å². The number of ether oxygens (including phenoxy) is 1. The van der Waals surface area contributed by atoms with Gasteiger partial charge in [-0.15, -0.1) is 6.58 Å². The molecule has 0 heterocycles. The number of unbranched alkanes of at least 4 members (excludes halogenated alkanes) is 1. The van der Waals surface area contributed by atoms with Crippen LogP contribution in [0.25, 0.3) is 11.1 Å². The predicted octanol–water partition coefficient (Wildman–Crippen LogP) is 8.15. The zero-order valence-corrected chi connectivity index (χ0v) is 18.7. The Morgan fingerprint density at radius 1 is 0.867 bits per heavy atom. The molecule has 2 aromatic carbocycles. The van der Waals surface area contributed by atoms with Crippen LogP contribution in [0.15, 0.2) is 73.3 Å². The van der Waals surface area contributed by atoms with Crippen molar-refractivity contribution in [1.82, 2.24) is 0 Å². The largest absolute Gasteiger partial charge is 0.373 e. The third-order valence-corrected chi connectivity index (χ3v) is 6.43. The minimum absolute atomic E-state index is 0.598. The van der Waals surface area contributed by atoms with Crippen molar-refractivity contribution < 1.29 is 4.74 Å². The van der Waals surface area contributed by atoms with Crippen molar-refractivity contribution in [1.29, 1.82) is 0 Å². The van der Waals surface area contributed by atoms with Gasteiger partial charge in [-0.05, 0) is 79.5 Å². The van der Waals surface area contributed by atoms with Crippen LogP contribution in [0.5, 0.6) is 0 Å². The fraction of sp³-hybridized carbons (Fsp3) is 0.448. The van der Waals surface area contributed by atoms with Gasteiger partial charge >= 0.3 is 0 Å². The lowest BCUT2D eigenvalue weighted by molar-refractivity contribution is 0.149. The fourth-order valence-electron chi connectivity index (χ4n) is 4.62. The van der Waals surface area contributed by atoms with Crippen LogP contribution in [0.1, 0.15) is 63.0 Å². The number of benzene rings is 2. The van der Waals surface area contributed by atoms with Crippen molar-refractivity contribution in [3.05, 3.63) is 84.5 Å². The van der Waals surface area contributed by atoms with Crippen LogP contribution in [0.2, 0.25) is 0 Å². The summed E-state index contributed by atoms with van der Waals surface area (Å²) < 4.78 is 5.51. The molecule has 0 saturated heterocycles. The number of allylic oxidation sites excluding steroid dienone is 2. The molecule has 1 aliphatic rings. The Labute approximate surface area is 183 Å². The fourth-order valence-corrected chi connectivity index (χ4v) is 4.62. The van der Waals surface area contributed by atoms with Crippen LogP contribution in [-0.2, 0) is 17.8 Å². The standard InChI is InChI=1S/C29H38O/c1-3-7-24-10-12-25(13-11-24)8-5-6-9-26-14-18-28(19-15-26)29-20-16-27(17-21-29)23-30-22-4-2/h3-4,7,14-21,24-25H,2,5-6,8-13,22-23H2,1H3/t24-,25-. The summed E-state index contributed by atoms with van der Waals surface area (Å²) >= 11 is 0. The van der Waals surface area contributed by atoms with Crippen LogP contribution in [0.4, 0.5) is 0 Å².